The topological polar surface area (TPSA) is 38.2 Å². The Morgan fingerprint density at radius 1 is 1.12 bits per heavy atom. The monoisotopic (exact) mass is 339 g/mol. The van der Waals surface area contributed by atoms with Crippen LogP contribution in [0.2, 0.25) is 0 Å². The number of halogens is 3. The summed E-state index contributed by atoms with van der Waals surface area (Å²) in [4.78, 5) is 9.43. The normalized spacial score (nSPS) is 16.4. The van der Waals surface area contributed by atoms with Crippen molar-refractivity contribution in [1.82, 2.24) is 9.97 Å². The maximum Gasteiger partial charge on any atom is 0.451 e. The van der Waals surface area contributed by atoms with Crippen LogP contribution >= 0.6 is 0 Å². The Kier molecular flexibility index (Phi) is 4.51. The molecule has 0 unspecified atom stereocenters. The van der Waals surface area contributed by atoms with E-state index in [1.807, 2.05) is 11.9 Å². The number of alkyl halides is 3. The summed E-state index contributed by atoms with van der Waals surface area (Å²) >= 11 is 0. The van der Waals surface area contributed by atoms with Gasteiger partial charge in [-0.2, -0.15) is 13.2 Å². The van der Waals surface area contributed by atoms with Gasteiger partial charge in [-0.15, -0.1) is 0 Å². The summed E-state index contributed by atoms with van der Waals surface area (Å²) in [5, 5.41) is 0.608. The molecule has 1 saturated carbocycles. The summed E-state index contributed by atoms with van der Waals surface area (Å²) in [6.45, 7) is 0. The smallest absolute Gasteiger partial charge is 0.451 e. The highest BCUT2D eigenvalue weighted by atomic mass is 19.4. The number of hydrogen-bond acceptors (Lipinski definition) is 4. The van der Waals surface area contributed by atoms with Crippen LogP contribution in [0.15, 0.2) is 18.2 Å². The lowest BCUT2D eigenvalue weighted by Crippen LogP contribution is -2.34. The second kappa shape index (κ2) is 6.45. The van der Waals surface area contributed by atoms with Crippen LogP contribution in [0.1, 0.15) is 37.9 Å². The maximum absolute atomic E-state index is 13.2. The van der Waals surface area contributed by atoms with Crippen LogP contribution in [0.3, 0.4) is 0 Å². The van der Waals surface area contributed by atoms with Gasteiger partial charge in [0.25, 0.3) is 0 Å². The molecule has 0 aliphatic heterocycles. The van der Waals surface area contributed by atoms with Crippen LogP contribution in [-0.4, -0.2) is 30.2 Å². The molecule has 7 heteroatoms. The van der Waals surface area contributed by atoms with E-state index in [-0.39, 0.29) is 11.6 Å². The zero-order chi connectivity index (χ0) is 17.3. The fraction of sp³-hybridized carbons (Fsp3) is 0.529. The molecule has 1 aliphatic carbocycles. The fourth-order valence-corrected chi connectivity index (χ4v) is 3.26. The zero-order valence-electron chi connectivity index (χ0n) is 13.7. The quantitative estimate of drug-likeness (QED) is 0.829. The molecule has 1 fully saturated rings. The van der Waals surface area contributed by atoms with Crippen molar-refractivity contribution in [2.45, 2.75) is 44.3 Å². The van der Waals surface area contributed by atoms with Gasteiger partial charge in [-0.05, 0) is 25.0 Å². The Morgan fingerprint density at radius 2 is 1.83 bits per heavy atom. The molecule has 1 aromatic carbocycles. The van der Waals surface area contributed by atoms with Crippen molar-refractivity contribution in [3.63, 3.8) is 0 Å². The van der Waals surface area contributed by atoms with Gasteiger partial charge in [-0.25, -0.2) is 9.97 Å². The predicted molar refractivity (Wildman–Crippen MR) is 86.4 cm³/mol. The number of rotatable bonds is 3. The lowest BCUT2D eigenvalue weighted by atomic mass is 9.94. The van der Waals surface area contributed by atoms with E-state index in [1.54, 1.807) is 12.1 Å². The van der Waals surface area contributed by atoms with E-state index in [4.69, 9.17) is 4.74 Å². The molecular formula is C17H20F3N3O. The average molecular weight is 339 g/mol. The molecule has 24 heavy (non-hydrogen) atoms. The SMILES string of the molecule is COc1ccc2c(N(C)C3CCCCC3)nc(C(F)(F)F)nc2c1. The number of benzene rings is 1. The molecule has 1 aromatic heterocycles. The van der Waals surface area contributed by atoms with Crippen molar-refractivity contribution >= 4 is 16.7 Å². The zero-order valence-corrected chi connectivity index (χ0v) is 13.7. The van der Waals surface area contributed by atoms with E-state index in [2.05, 4.69) is 9.97 Å². The van der Waals surface area contributed by atoms with Crippen LogP contribution in [0.4, 0.5) is 19.0 Å². The van der Waals surface area contributed by atoms with E-state index in [0.29, 0.717) is 17.0 Å². The van der Waals surface area contributed by atoms with Gasteiger partial charge in [0, 0.05) is 24.5 Å². The van der Waals surface area contributed by atoms with Crippen molar-refractivity contribution in [1.29, 1.82) is 0 Å². The first-order valence-electron chi connectivity index (χ1n) is 8.06. The molecule has 3 rings (SSSR count). The van der Waals surface area contributed by atoms with E-state index >= 15 is 0 Å². The van der Waals surface area contributed by atoms with Crippen molar-refractivity contribution in [3.8, 4) is 5.75 Å². The largest absolute Gasteiger partial charge is 0.497 e. The number of methoxy groups -OCH3 is 1. The molecular weight excluding hydrogens is 319 g/mol. The van der Waals surface area contributed by atoms with E-state index in [9.17, 15) is 13.2 Å². The van der Waals surface area contributed by atoms with Gasteiger partial charge in [-0.3, -0.25) is 0 Å². The van der Waals surface area contributed by atoms with Crippen LogP contribution in [-0.2, 0) is 6.18 Å². The van der Waals surface area contributed by atoms with Gasteiger partial charge in [0.15, 0.2) is 0 Å². The van der Waals surface area contributed by atoms with Gasteiger partial charge in [0.2, 0.25) is 5.82 Å². The minimum absolute atomic E-state index is 0.208. The summed E-state index contributed by atoms with van der Waals surface area (Å²) in [6.07, 6.45) is 0.730. The number of fused-ring (bicyclic) bond motifs is 1. The molecule has 130 valence electrons. The molecule has 4 nitrogen and oxygen atoms in total. The summed E-state index contributed by atoms with van der Waals surface area (Å²) in [5.41, 5.74) is 0.245. The van der Waals surface area contributed by atoms with Crippen LogP contribution in [0, 0.1) is 0 Å². The summed E-state index contributed by atoms with van der Waals surface area (Å²) in [7, 11) is 3.30. The minimum atomic E-state index is -4.58. The average Bonchev–Trinajstić information content (AvgIpc) is 2.59. The third-order valence-corrected chi connectivity index (χ3v) is 4.59. The second-order valence-corrected chi connectivity index (χ2v) is 6.15. The van der Waals surface area contributed by atoms with Crippen molar-refractivity contribution in [3.05, 3.63) is 24.0 Å². The lowest BCUT2D eigenvalue weighted by Gasteiger charge is -2.33. The third-order valence-electron chi connectivity index (χ3n) is 4.59. The van der Waals surface area contributed by atoms with Crippen LogP contribution in [0.5, 0.6) is 5.75 Å². The highest BCUT2D eigenvalue weighted by Gasteiger charge is 2.36. The molecule has 0 atom stereocenters. The molecule has 0 radical (unpaired) electrons. The number of anilines is 1. The Morgan fingerprint density at radius 3 is 2.46 bits per heavy atom. The number of hydrogen-bond donors (Lipinski definition) is 0. The predicted octanol–water partition coefficient (Wildman–Crippen LogP) is 4.43. The van der Waals surface area contributed by atoms with Crippen LogP contribution < -0.4 is 9.64 Å². The van der Waals surface area contributed by atoms with Crippen molar-refractivity contribution in [2.75, 3.05) is 19.1 Å². The molecule has 0 spiro atoms. The van der Waals surface area contributed by atoms with E-state index in [0.717, 1.165) is 25.7 Å². The number of nitrogens with zero attached hydrogens (tertiary/aromatic N) is 3. The van der Waals surface area contributed by atoms with E-state index in [1.165, 1.54) is 19.6 Å². The van der Waals surface area contributed by atoms with Crippen molar-refractivity contribution in [2.24, 2.45) is 0 Å². The lowest BCUT2D eigenvalue weighted by molar-refractivity contribution is -0.144. The minimum Gasteiger partial charge on any atom is -0.497 e. The van der Waals surface area contributed by atoms with Gasteiger partial charge in [0.1, 0.15) is 11.6 Å². The highest BCUT2D eigenvalue weighted by Crippen LogP contribution is 2.35. The van der Waals surface area contributed by atoms with Gasteiger partial charge in [0.05, 0.1) is 12.6 Å². The molecule has 1 heterocycles. The Balaban J connectivity index is 2.13. The first kappa shape index (κ1) is 16.8. The maximum atomic E-state index is 13.2. The molecule has 0 bridgehead atoms. The number of aromatic nitrogens is 2. The molecule has 0 saturated heterocycles. The van der Waals surface area contributed by atoms with Gasteiger partial charge in [-0.1, -0.05) is 19.3 Å². The summed E-state index contributed by atoms with van der Waals surface area (Å²) in [5.74, 6) is -0.302. The highest BCUT2D eigenvalue weighted by molar-refractivity contribution is 5.90. The van der Waals surface area contributed by atoms with Gasteiger partial charge < -0.3 is 9.64 Å². The summed E-state index contributed by atoms with van der Waals surface area (Å²) < 4.78 is 44.7. The first-order valence-corrected chi connectivity index (χ1v) is 8.06. The van der Waals surface area contributed by atoms with E-state index < -0.39 is 12.0 Å². The second-order valence-electron chi connectivity index (χ2n) is 6.15. The Labute approximate surface area is 138 Å². The van der Waals surface area contributed by atoms with Crippen LogP contribution in [0.25, 0.3) is 10.9 Å². The fourth-order valence-electron chi connectivity index (χ4n) is 3.26. The van der Waals surface area contributed by atoms with Crippen molar-refractivity contribution < 1.29 is 17.9 Å². The molecule has 0 amide bonds. The third kappa shape index (κ3) is 3.25. The molecule has 1 aliphatic rings. The molecule has 2 aromatic rings. The standard InChI is InChI=1S/C17H20F3N3O/c1-23(11-6-4-3-5-7-11)15-13-9-8-12(24-2)10-14(13)21-16(22-15)17(18,19)20/h8-11H,3-7H2,1-2H3. The Hall–Kier alpha value is -2.05. The number of ether oxygens (including phenoxy) is 1. The van der Waals surface area contributed by atoms with Gasteiger partial charge >= 0.3 is 6.18 Å². The summed E-state index contributed by atoms with van der Waals surface area (Å²) in [6, 6.07) is 5.17. The first-order chi connectivity index (χ1) is 11.4. The Bertz CT molecular complexity index is 727. The molecule has 0 N–H and O–H groups in total.